The SMILES string of the molecule is CCC(C)c1ccc(C[n+]2cnn(C)c2)cc1. The summed E-state index contributed by atoms with van der Waals surface area (Å²) in [6.07, 6.45) is 5.03. The minimum Gasteiger partial charge on any atom is -0.233 e. The van der Waals surface area contributed by atoms with Crippen molar-refractivity contribution < 1.29 is 4.57 Å². The number of aryl methyl sites for hydroxylation is 1. The summed E-state index contributed by atoms with van der Waals surface area (Å²) in [4.78, 5) is 0. The van der Waals surface area contributed by atoms with Crippen molar-refractivity contribution in [2.75, 3.05) is 0 Å². The molecular formula is C14H20N3+. The molecule has 0 aliphatic rings. The lowest BCUT2D eigenvalue weighted by Crippen LogP contribution is -2.31. The van der Waals surface area contributed by atoms with E-state index in [0.717, 1.165) is 6.54 Å². The van der Waals surface area contributed by atoms with Crippen LogP contribution in [0.4, 0.5) is 0 Å². The second kappa shape index (κ2) is 5.13. The van der Waals surface area contributed by atoms with E-state index in [-0.39, 0.29) is 0 Å². The molecule has 0 saturated heterocycles. The Balaban J connectivity index is 2.08. The summed E-state index contributed by atoms with van der Waals surface area (Å²) in [6, 6.07) is 8.89. The third-order valence-corrected chi connectivity index (χ3v) is 3.22. The standard InChI is InChI=1S/C14H20N3/c1-4-12(2)14-7-5-13(6-8-14)9-17-10-15-16(3)11-17/h5-8,10-12H,4,9H2,1-3H3/q+1. The van der Waals surface area contributed by atoms with Gasteiger partial charge in [0, 0.05) is 5.10 Å². The largest absolute Gasteiger partial charge is 0.265 e. The molecule has 1 heterocycles. The van der Waals surface area contributed by atoms with Crippen molar-refractivity contribution in [3.05, 3.63) is 48.0 Å². The van der Waals surface area contributed by atoms with Crippen molar-refractivity contribution in [1.82, 2.24) is 9.78 Å². The molecule has 1 aromatic carbocycles. The number of hydrogen-bond donors (Lipinski definition) is 0. The van der Waals surface area contributed by atoms with Crippen LogP contribution in [0.25, 0.3) is 0 Å². The fraction of sp³-hybridized carbons (Fsp3) is 0.429. The van der Waals surface area contributed by atoms with E-state index in [1.807, 2.05) is 24.4 Å². The highest BCUT2D eigenvalue weighted by Gasteiger charge is 2.05. The molecule has 2 aromatic rings. The maximum Gasteiger partial charge on any atom is 0.265 e. The van der Waals surface area contributed by atoms with E-state index < -0.39 is 0 Å². The van der Waals surface area contributed by atoms with E-state index in [4.69, 9.17) is 0 Å². The summed E-state index contributed by atoms with van der Waals surface area (Å²) in [5.41, 5.74) is 2.74. The maximum atomic E-state index is 4.15. The van der Waals surface area contributed by atoms with Crippen LogP contribution in [0.2, 0.25) is 0 Å². The lowest BCUT2D eigenvalue weighted by Gasteiger charge is -2.09. The van der Waals surface area contributed by atoms with Gasteiger partial charge in [-0.15, -0.1) is 4.68 Å². The van der Waals surface area contributed by atoms with Crippen LogP contribution in [-0.2, 0) is 13.6 Å². The Hall–Kier alpha value is -1.64. The van der Waals surface area contributed by atoms with E-state index in [1.54, 1.807) is 0 Å². The van der Waals surface area contributed by atoms with Crippen molar-refractivity contribution in [2.45, 2.75) is 32.7 Å². The Labute approximate surface area is 103 Å². The zero-order chi connectivity index (χ0) is 12.3. The van der Waals surface area contributed by atoms with Crippen LogP contribution < -0.4 is 4.57 Å². The first-order valence-electron chi connectivity index (χ1n) is 6.15. The van der Waals surface area contributed by atoms with E-state index in [1.165, 1.54) is 17.5 Å². The van der Waals surface area contributed by atoms with Crippen LogP contribution in [-0.4, -0.2) is 9.78 Å². The molecule has 1 aromatic heterocycles. The monoisotopic (exact) mass is 230 g/mol. The van der Waals surface area contributed by atoms with Crippen molar-refractivity contribution in [3.8, 4) is 0 Å². The molecule has 3 heteroatoms. The number of aromatic nitrogens is 3. The second-order valence-corrected chi connectivity index (χ2v) is 4.64. The van der Waals surface area contributed by atoms with Crippen molar-refractivity contribution in [1.29, 1.82) is 0 Å². The number of rotatable bonds is 4. The molecule has 2 rings (SSSR count). The zero-order valence-electron chi connectivity index (χ0n) is 10.8. The van der Waals surface area contributed by atoms with Gasteiger partial charge in [-0.1, -0.05) is 38.1 Å². The molecule has 17 heavy (non-hydrogen) atoms. The van der Waals surface area contributed by atoms with Gasteiger partial charge in [0.1, 0.15) is 0 Å². The quantitative estimate of drug-likeness (QED) is 0.738. The van der Waals surface area contributed by atoms with Gasteiger partial charge in [-0.25, -0.2) is 4.57 Å². The van der Waals surface area contributed by atoms with Crippen LogP contribution in [0.15, 0.2) is 36.9 Å². The van der Waals surface area contributed by atoms with E-state index in [0.29, 0.717) is 5.92 Å². The van der Waals surface area contributed by atoms with Gasteiger partial charge >= 0.3 is 0 Å². The van der Waals surface area contributed by atoms with Crippen LogP contribution in [0.5, 0.6) is 0 Å². The van der Waals surface area contributed by atoms with Gasteiger partial charge in [-0.3, -0.25) is 0 Å². The molecule has 0 fully saturated rings. The molecule has 3 nitrogen and oxygen atoms in total. The second-order valence-electron chi connectivity index (χ2n) is 4.64. The van der Waals surface area contributed by atoms with Crippen molar-refractivity contribution in [2.24, 2.45) is 7.05 Å². The third kappa shape index (κ3) is 2.93. The van der Waals surface area contributed by atoms with Crippen LogP contribution >= 0.6 is 0 Å². The predicted octanol–water partition coefficient (Wildman–Crippen LogP) is 2.27. The van der Waals surface area contributed by atoms with Gasteiger partial charge < -0.3 is 0 Å². The molecule has 0 bridgehead atoms. The number of hydrogen-bond acceptors (Lipinski definition) is 1. The van der Waals surface area contributed by atoms with Gasteiger partial charge in [0.15, 0.2) is 0 Å². The summed E-state index contributed by atoms with van der Waals surface area (Å²) in [5.74, 6) is 0.648. The maximum absolute atomic E-state index is 4.15. The van der Waals surface area contributed by atoms with E-state index in [9.17, 15) is 0 Å². The van der Waals surface area contributed by atoms with Crippen molar-refractivity contribution >= 4 is 0 Å². The summed E-state index contributed by atoms with van der Waals surface area (Å²) < 4.78 is 3.89. The lowest BCUT2D eigenvalue weighted by molar-refractivity contribution is -0.689. The first kappa shape index (κ1) is 11.8. The van der Waals surface area contributed by atoms with Gasteiger partial charge in [-0.05, 0) is 23.5 Å². The highest BCUT2D eigenvalue weighted by molar-refractivity contribution is 5.24. The van der Waals surface area contributed by atoms with Crippen molar-refractivity contribution in [3.63, 3.8) is 0 Å². The molecule has 0 amide bonds. The molecule has 0 aliphatic carbocycles. The van der Waals surface area contributed by atoms with Gasteiger partial charge in [0.05, 0.1) is 13.6 Å². The summed E-state index contributed by atoms with van der Waals surface area (Å²) >= 11 is 0. The Morgan fingerprint density at radius 2 is 2.00 bits per heavy atom. The summed E-state index contributed by atoms with van der Waals surface area (Å²) in [7, 11) is 1.93. The Morgan fingerprint density at radius 1 is 1.29 bits per heavy atom. The average Bonchev–Trinajstić information content (AvgIpc) is 2.75. The van der Waals surface area contributed by atoms with Crippen LogP contribution in [0.3, 0.4) is 0 Å². The molecule has 1 unspecified atom stereocenters. The zero-order valence-corrected chi connectivity index (χ0v) is 10.8. The summed E-state index contributed by atoms with van der Waals surface area (Å²) in [5, 5.41) is 4.15. The average molecular weight is 230 g/mol. The number of nitrogens with zero attached hydrogens (tertiary/aromatic N) is 3. The first-order valence-corrected chi connectivity index (χ1v) is 6.15. The highest BCUT2D eigenvalue weighted by atomic mass is 15.3. The molecule has 0 radical (unpaired) electrons. The molecule has 0 saturated carbocycles. The normalized spacial score (nSPS) is 12.6. The van der Waals surface area contributed by atoms with E-state index >= 15 is 0 Å². The van der Waals surface area contributed by atoms with Gasteiger partial charge in [0.25, 0.3) is 6.33 Å². The smallest absolute Gasteiger partial charge is 0.233 e. The molecule has 0 N–H and O–H groups in total. The highest BCUT2D eigenvalue weighted by Crippen LogP contribution is 2.18. The Kier molecular flexibility index (Phi) is 3.57. The summed E-state index contributed by atoms with van der Waals surface area (Å²) in [6.45, 7) is 5.38. The minimum absolute atomic E-state index is 0.648. The molecule has 0 spiro atoms. The topological polar surface area (TPSA) is 21.7 Å². The predicted molar refractivity (Wildman–Crippen MR) is 67.7 cm³/mol. The molecule has 1 atom stereocenters. The molecule has 0 aliphatic heterocycles. The fourth-order valence-electron chi connectivity index (χ4n) is 1.90. The van der Waals surface area contributed by atoms with Crippen LogP contribution in [0, 0.1) is 0 Å². The molecule has 90 valence electrons. The molecular weight excluding hydrogens is 210 g/mol. The minimum atomic E-state index is 0.648. The van der Waals surface area contributed by atoms with E-state index in [2.05, 4.69) is 47.8 Å². The number of benzene rings is 1. The fourth-order valence-corrected chi connectivity index (χ4v) is 1.90. The van der Waals surface area contributed by atoms with Gasteiger partial charge in [-0.2, -0.15) is 0 Å². The van der Waals surface area contributed by atoms with Crippen LogP contribution in [0.1, 0.15) is 37.3 Å². The Bertz CT molecular complexity index is 470. The lowest BCUT2D eigenvalue weighted by atomic mass is 9.98. The first-order chi connectivity index (χ1) is 8.19. The third-order valence-electron chi connectivity index (χ3n) is 3.22. The Morgan fingerprint density at radius 3 is 2.53 bits per heavy atom. The van der Waals surface area contributed by atoms with Gasteiger partial charge in [0.2, 0.25) is 6.33 Å².